The normalized spacial score (nSPS) is 16.1. The Morgan fingerprint density at radius 1 is 0.966 bits per heavy atom. The van der Waals surface area contributed by atoms with Crippen LogP contribution in [-0.4, -0.2) is 88.2 Å². The highest BCUT2D eigenvalue weighted by Crippen LogP contribution is 2.04. The zero-order valence-corrected chi connectivity index (χ0v) is 17.1. The number of nitrogens with one attached hydrogen (secondary N) is 3. The van der Waals surface area contributed by atoms with Crippen LogP contribution in [0.5, 0.6) is 0 Å². The fourth-order valence-electron chi connectivity index (χ4n) is 2.17. The molecule has 168 valence electrons. The second-order valence-corrected chi connectivity index (χ2v) is 6.80. The maximum atomic E-state index is 12.6. The van der Waals surface area contributed by atoms with Crippen molar-refractivity contribution in [1.82, 2.24) is 16.0 Å². The molecule has 0 aliphatic rings. The fraction of sp³-hybridized carbons (Fsp3) is 0.750. The van der Waals surface area contributed by atoms with Crippen molar-refractivity contribution in [3.8, 4) is 0 Å². The molecule has 0 radical (unpaired) electrons. The molecule has 3 amide bonds. The number of carboxylic acids is 1. The molecule has 5 atom stereocenters. The van der Waals surface area contributed by atoms with Gasteiger partial charge in [-0.15, -0.1) is 0 Å². The third kappa shape index (κ3) is 9.89. The van der Waals surface area contributed by atoms with Gasteiger partial charge in [-0.1, -0.05) is 0 Å². The summed E-state index contributed by atoms with van der Waals surface area (Å²) in [5.74, 6) is -3.91. The average molecular weight is 438 g/mol. The first-order chi connectivity index (χ1) is 13.6. The molecule has 0 fully saturated rings. The van der Waals surface area contributed by atoms with Crippen molar-refractivity contribution >= 4 is 36.3 Å². The van der Waals surface area contributed by atoms with Gasteiger partial charge in [-0.3, -0.25) is 14.4 Å². The molecule has 0 spiro atoms. The van der Waals surface area contributed by atoms with E-state index in [9.17, 15) is 24.3 Å². The van der Waals surface area contributed by atoms with Crippen LogP contribution in [0.3, 0.4) is 0 Å². The largest absolute Gasteiger partial charge is 0.480 e. The van der Waals surface area contributed by atoms with Crippen molar-refractivity contribution in [3.63, 3.8) is 0 Å². The minimum Gasteiger partial charge on any atom is -0.480 e. The molecule has 13 heteroatoms. The lowest BCUT2D eigenvalue weighted by Gasteiger charge is -2.24. The number of aliphatic hydroxyl groups is 2. The lowest BCUT2D eigenvalue weighted by atomic mass is 10.1. The van der Waals surface area contributed by atoms with Crippen molar-refractivity contribution in [1.29, 1.82) is 0 Å². The number of nitrogens with two attached hydrogens (primary N) is 2. The minimum atomic E-state index is -1.54. The van der Waals surface area contributed by atoms with Crippen LogP contribution in [0.4, 0.5) is 0 Å². The molecule has 0 aromatic heterocycles. The van der Waals surface area contributed by atoms with E-state index in [1.165, 1.54) is 6.92 Å². The number of rotatable bonds is 14. The summed E-state index contributed by atoms with van der Waals surface area (Å²) in [6, 6.07) is -5.05. The lowest BCUT2D eigenvalue weighted by molar-refractivity contribution is -0.143. The molecular formula is C16H31N5O7S. The SMILES string of the molecule is CC(O)C(N)C(=O)NC(CCCCN)C(=O)NC(CS)C(=O)NC(CO)C(=O)O. The summed E-state index contributed by atoms with van der Waals surface area (Å²) in [4.78, 5) is 47.8. The van der Waals surface area contributed by atoms with Gasteiger partial charge in [0.2, 0.25) is 17.7 Å². The smallest absolute Gasteiger partial charge is 0.328 e. The number of aliphatic carboxylic acids is 1. The third-order valence-corrected chi connectivity index (χ3v) is 4.38. The number of hydrogen-bond donors (Lipinski definition) is 9. The molecule has 10 N–H and O–H groups in total. The van der Waals surface area contributed by atoms with Crippen LogP contribution in [0.2, 0.25) is 0 Å². The van der Waals surface area contributed by atoms with Crippen LogP contribution in [0.1, 0.15) is 26.2 Å². The summed E-state index contributed by atoms with van der Waals surface area (Å²) in [6.07, 6.45) is 0.166. The van der Waals surface area contributed by atoms with Gasteiger partial charge >= 0.3 is 5.97 Å². The van der Waals surface area contributed by atoms with E-state index in [4.69, 9.17) is 21.7 Å². The average Bonchev–Trinajstić information content (AvgIpc) is 2.67. The fourth-order valence-corrected chi connectivity index (χ4v) is 2.43. The number of amides is 3. The van der Waals surface area contributed by atoms with E-state index in [-0.39, 0.29) is 12.2 Å². The number of carboxylic acid groups (broad SMARTS) is 1. The first-order valence-electron chi connectivity index (χ1n) is 9.08. The molecule has 0 aromatic carbocycles. The summed E-state index contributed by atoms with van der Waals surface area (Å²) in [5, 5.41) is 34.2. The van der Waals surface area contributed by atoms with Gasteiger partial charge in [0, 0.05) is 5.75 Å². The Kier molecular flexibility index (Phi) is 13.2. The number of thiol groups is 1. The monoisotopic (exact) mass is 437 g/mol. The van der Waals surface area contributed by atoms with Gasteiger partial charge in [0.1, 0.15) is 24.2 Å². The molecule has 0 bridgehead atoms. The number of carbonyl (C=O) groups excluding carboxylic acids is 3. The number of hydrogen-bond acceptors (Lipinski definition) is 9. The van der Waals surface area contributed by atoms with Crippen molar-refractivity contribution in [2.75, 3.05) is 18.9 Å². The van der Waals surface area contributed by atoms with E-state index >= 15 is 0 Å². The maximum absolute atomic E-state index is 12.6. The van der Waals surface area contributed by atoms with Crippen LogP contribution in [0.15, 0.2) is 0 Å². The van der Waals surface area contributed by atoms with Crippen LogP contribution in [0, 0.1) is 0 Å². The van der Waals surface area contributed by atoms with Crippen LogP contribution < -0.4 is 27.4 Å². The Morgan fingerprint density at radius 3 is 1.93 bits per heavy atom. The maximum Gasteiger partial charge on any atom is 0.328 e. The molecule has 12 nitrogen and oxygen atoms in total. The summed E-state index contributed by atoms with van der Waals surface area (Å²) >= 11 is 3.97. The standard InChI is InChI=1S/C16H31N5O7S/c1-8(23)12(18)15(26)19-9(4-2-3-5-17)13(24)21-11(7-29)14(25)20-10(6-22)16(27)28/h8-12,22-23,29H,2-7,17-18H2,1H3,(H,19,26)(H,20,25)(H,21,24)(H,27,28). The van der Waals surface area contributed by atoms with E-state index < -0.39 is 60.6 Å². The van der Waals surface area contributed by atoms with Gasteiger partial charge in [0.05, 0.1) is 12.7 Å². The number of aliphatic hydroxyl groups excluding tert-OH is 2. The highest BCUT2D eigenvalue weighted by atomic mass is 32.1. The Hall–Kier alpha value is -1.93. The zero-order valence-electron chi connectivity index (χ0n) is 16.2. The van der Waals surface area contributed by atoms with Crippen LogP contribution in [0.25, 0.3) is 0 Å². The van der Waals surface area contributed by atoms with Gasteiger partial charge in [-0.2, -0.15) is 12.6 Å². The highest BCUT2D eigenvalue weighted by Gasteiger charge is 2.30. The van der Waals surface area contributed by atoms with E-state index in [0.717, 1.165) is 0 Å². The Labute approximate surface area is 174 Å². The molecule has 0 saturated carbocycles. The summed E-state index contributed by atoms with van der Waals surface area (Å²) in [5.41, 5.74) is 11.0. The Bertz CT molecular complexity index is 564. The Morgan fingerprint density at radius 2 is 1.48 bits per heavy atom. The number of carbonyl (C=O) groups is 4. The molecule has 29 heavy (non-hydrogen) atoms. The summed E-state index contributed by atoms with van der Waals surface area (Å²) in [6.45, 7) is 0.882. The van der Waals surface area contributed by atoms with E-state index in [1.54, 1.807) is 0 Å². The van der Waals surface area contributed by atoms with Gasteiger partial charge in [-0.05, 0) is 32.7 Å². The quantitative estimate of drug-likeness (QED) is 0.0962. The van der Waals surface area contributed by atoms with E-state index in [0.29, 0.717) is 19.4 Å². The van der Waals surface area contributed by atoms with E-state index in [2.05, 4.69) is 28.6 Å². The molecule has 0 aromatic rings. The molecular weight excluding hydrogens is 406 g/mol. The Balaban J connectivity index is 5.15. The van der Waals surface area contributed by atoms with Gasteiger partial charge in [0.15, 0.2) is 0 Å². The second-order valence-electron chi connectivity index (χ2n) is 6.44. The molecule has 0 saturated heterocycles. The topological polar surface area (TPSA) is 217 Å². The van der Waals surface area contributed by atoms with Gasteiger partial charge in [0.25, 0.3) is 0 Å². The highest BCUT2D eigenvalue weighted by molar-refractivity contribution is 7.80. The first kappa shape index (κ1) is 27.1. The van der Waals surface area contributed by atoms with Crippen LogP contribution >= 0.6 is 12.6 Å². The molecule has 0 rings (SSSR count). The lowest BCUT2D eigenvalue weighted by Crippen LogP contribution is -2.58. The first-order valence-corrected chi connectivity index (χ1v) is 9.71. The third-order valence-electron chi connectivity index (χ3n) is 4.02. The van der Waals surface area contributed by atoms with Crippen molar-refractivity contribution in [2.24, 2.45) is 11.5 Å². The van der Waals surface area contributed by atoms with Crippen molar-refractivity contribution < 1.29 is 34.5 Å². The second kappa shape index (κ2) is 14.1. The van der Waals surface area contributed by atoms with Crippen molar-refractivity contribution in [3.05, 3.63) is 0 Å². The minimum absolute atomic E-state index is 0.161. The number of unbranched alkanes of at least 4 members (excludes halogenated alkanes) is 1. The molecule has 0 aliphatic heterocycles. The van der Waals surface area contributed by atoms with Crippen LogP contribution in [-0.2, 0) is 19.2 Å². The van der Waals surface area contributed by atoms with Gasteiger partial charge in [-0.25, -0.2) is 4.79 Å². The van der Waals surface area contributed by atoms with Crippen molar-refractivity contribution in [2.45, 2.75) is 56.5 Å². The summed E-state index contributed by atoms with van der Waals surface area (Å²) < 4.78 is 0. The van der Waals surface area contributed by atoms with Gasteiger partial charge < -0.3 is 42.7 Å². The molecule has 5 unspecified atom stereocenters. The molecule has 0 heterocycles. The zero-order chi connectivity index (χ0) is 22.6. The predicted molar refractivity (Wildman–Crippen MR) is 107 cm³/mol. The predicted octanol–water partition coefficient (Wildman–Crippen LogP) is -3.72. The molecule has 0 aliphatic carbocycles. The summed E-state index contributed by atoms with van der Waals surface area (Å²) in [7, 11) is 0. The van der Waals surface area contributed by atoms with E-state index in [1.807, 2.05) is 0 Å².